The van der Waals surface area contributed by atoms with Gasteiger partial charge in [0.2, 0.25) is 0 Å². The summed E-state index contributed by atoms with van der Waals surface area (Å²) in [6.45, 7) is 7.21. The Balaban J connectivity index is 2.25. The predicted octanol–water partition coefficient (Wildman–Crippen LogP) is 1.95. The smallest absolute Gasteiger partial charge is 0.0623 e. The van der Waals surface area contributed by atoms with Gasteiger partial charge in [-0.25, -0.2) is 0 Å². The molecule has 3 heteroatoms. The summed E-state index contributed by atoms with van der Waals surface area (Å²) in [6, 6.07) is 2.06. The Morgan fingerprint density at radius 2 is 2.13 bits per heavy atom. The molecule has 1 aliphatic rings. The quantitative estimate of drug-likeness (QED) is 0.821. The lowest BCUT2D eigenvalue weighted by molar-refractivity contribution is 0.145. The van der Waals surface area contributed by atoms with E-state index in [9.17, 15) is 5.11 Å². The number of hydrogen-bond acceptors (Lipinski definition) is 2. The van der Waals surface area contributed by atoms with Gasteiger partial charge in [-0.3, -0.25) is 4.68 Å². The number of aliphatic hydroxyl groups is 1. The SMILES string of the molecule is CC(C)Cn1nccc1C1(C(C)O)CC1. The van der Waals surface area contributed by atoms with Crippen molar-refractivity contribution in [2.75, 3.05) is 0 Å². The molecule has 0 radical (unpaired) electrons. The maximum Gasteiger partial charge on any atom is 0.0623 e. The van der Waals surface area contributed by atoms with E-state index in [-0.39, 0.29) is 11.5 Å². The molecular weight excluding hydrogens is 188 g/mol. The summed E-state index contributed by atoms with van der Waals surface area (Å²) in [5.74, 6) is 0.591. The number of aliphatic hydroxyl groups excluding tert-OH is 1. The van der Waals surface area contributed by atoms with E-state index in [2.05, 4.69) is 29.7 Å². The minimum atomic E-state index is -0.264. The molecule has 1 N–H and O–H groups in total. The topological polar surface area (TPSA) is 38.0 Å². The molecule has 1 heterocycles. The lowest BCUT2D eigenvalue weighted by Crippen LogP contribution is -2.26. The summed E-state index contributed by atoms with van der Waals surface area (Å²) >= 11 is 0. The van der Waals surface area contributed by atoms with Crippen molar-refractivity contribution < 1.29 is 5.11 Å². The minimum absolute atomic E-state index is 0.00535. The molecule has 1 fully saturated rings. The molecule has 0 aliphatic heterocycles. The van der Waals surface area contributed by atoms with E-state index in [1.165, 1.54) is 5.69 Å². The number of hydrogen-bond donors (Lipinski definition) is 1. The van der Waals surface area contributed by atoms with Crippen LogP contribution in [0.15, 0.2) is 12.3 Å². The van der Waals surface area contributed by atoms with Crippen LogP contribution < -0.4 is 0 Å². The third-order valence-electron chi connectivity index (χ3n) is 3.35. The van der Waals surface area contributed by atoms with Crippen molar-refractivity contribution >= 4 is 0 Å². The maximum atomic E-state index is 9.83. The van der Waals surface area contributed by atoms with E-state index in [1.54, 1.807) is 0 Å². The number of aromatic nitrogens is 2. The van der Waals surface area contributed by atoms with E-state index in [1.807, 2.05) is 13.1 Å². The molecule has 3 nitrogen and oxygen atoms in total. The fourth-order valence-electron chi connectivity index (χ4n) is 2.27. The largest absolute Gasteiger partial charge is 0.392 e. The van der Waals surface area contributed by atoms with Crippen LogP contribution in [0, 0.1) is 5.92 Å². The van der Waals surface area contributed by atoms with Crippen LogP contribution >= 0.6 is 0 Å². The van der Waals surface area contributed by atoms with Crippen LogP contribution in [-0.2, 0) is 12.0 Å². The molecule has 0 aromatic carbocycles. The van der Waals surface area contributed by atoms with Gasteiger partial charge in [-0.05, 0) is 31.7 Å². The van der Waals surface area contributed by atoms with Gasteiger partial charge in [0.25, 0.3) is 0 Å². The van der Waals surface area contributed by atoms with Crippen LogP contribution in [-0.4, -0.2) is 21.0 Å². The highest BCUT2D eigenvalue weighted by atomic mass is 16.3. The van der Waals surface area contributed by atoms with Gasteiger partial charge in [-0.1, -0.05) is 13.8 Å². The summed E-state index contributed by atoms with van der Waals surface area (Å²) in [4.78, 5) is 0. The second-order valence-electron chi connectivity index (χ2n) is 5.12. The highest BCUT2D eigenvalue weighted by Crippen LogP contribution is 2.50. The second-order valence-corrected chi connectivity index (χ2v) is 5.12. The first-order chi connectivity index (χ1) is 7.06. The van der Waals surface area contributed by atoms with E-state index >= 15 is 0 Å². The summed E-state index contributed by atoms with van der Waals surface area (Å²) in [5, 5.41) is 14.2. The first kappa shape index (κ1) is 10.7. The standard InChI is InChI=1S/C12H20N2O/c1-9(2)8-14-11(4-7-13-14)12(5-6-12)10(3)15/h4,7,9-10,15H,5-6,8H2,1-3H3. The van der Waals surface area contributed by atoms with Crippen LogP contribution in [0.4, 0.5) is 0 Å². The van der Waals surface area contributed by atoms with Crippen LogP contribution in [0.25, 0.3) is 0 Å². The van der Waals surface area contributed by atoms with Gasteiger partial charge < -0.3 is 5.11 Å². The molecule has 0 bridgehead atoms. The molecule has 1 aliphatic carbocycles. The van der Waals surface area contributed by atoms with E-state index in [0.29, 0.717) is 5.92 Å². The molecule has 0 amide bonds. The number of rotatable bonds is 4. The zero-order valence-corrected chi connectivity index (χ0v) is 9.77. The third-order valence-corrected chi connectivity index (χ3v) is 3.35. The summed E-state index contributed by atoms with van der Waals surface area (Å²) < 4.78 is 2.06. The highest BCUT2D eigenvalue weighted by Gasteiger charge is 2.50. The molecule has 1 saturated carbocycles. The van der Waals surface area contributed by atoms with Crippen LogP contribution in [0.5, 0.6) is 0 Å². The Labute approximate surface area is 91.1 Å². The molecule has 0 spiro atoms. The Morgan fingerprint density at radius 1 is 1.47 bits per heavy atom. The van der Waals surface area contributed by atoms with Crippen molar-refractivity contribution in [1.82, 2.24) is 9.78 Å². The summed E-state index contributed by atoms with van der Waals surface area (Å²) in [5.41, 5.74) is 1.22. The fraction of sp³-hybridized carbons (Fsp3) is 0.750. The third kappa shape index (κ3) is 1.81. The van der Waals surface area contributed by atoms with Gasteiger partial charge in [0.05, 0.1) is 6.10 Å². The highest BCUT2D eigenvalue weighted by molar-refractivity contribution is 5.26. The molecule has 0 saturated heterocycles. The molecule has 1 atom stereocenters. The Morgan fingerprint density at radius 3 is 2.60 bits per heavy atom. The van der Waals surface area contributed by atoms with Crippen molar-refractivity contribution in [2.45, 2.75) is 51.7 Å². The lowest BCUT2D eigenvalue weighted by atomic mass is 9.96. The minimum Gasteiger partial charge on any atom is -0.392 e. The Hall–Kier alpha value is -0.830. The van der Waals surface area contributed by atoms with Gasteiger partial charge in [0.1, 0.15) is 0 Å². The van der Waals surface area contributed by atoms with Crippen LogP contribution in [0.2, 0.25) is 0 Å². The summed E-state index contributed by atoms with van der Waals surface area (Å²) in [7, 11) is 0. The summed E-state index contributed by atoms with van der Waals surface area (Å²) in [6.07, 6.45) is 3.77. The molecular formula is C12H20N2O. The molecule has 2 rings (SSSR count). The van der Waals surface area contributed by atoms with Crippen molar-refractivity contribution in [3.8, 4) is 0 Å². The molecule has 1 aromatic rings. The van der Waals surface area contributed by atoms with Gasteiger partial charge in [-0.2, -0.15) is 5.10 Å². The normalized spacial score (nSPS) is 20.6. The first-order valence-corrected chi connectivity index (χ1v) is 5.76. The Kier molecular flexibility index (Phi) is 2.59. The second kappa shape index (κ2) is 3.63. The maximum absolute atomic E-state index is 9.83. The van der Waals surface area contributed by atoms with Crippen molar-refractivity contribution in [2.24, 2.45) is 5.92 Å². The van der Waals surface area contributed by atoms with Crippen molar-refractivity contribution in [3.05, 3.63) is 18.0 Å². The van der Waals surface area contributed by atoms with E-state index in [4.69, 9.17) is 0 Å². The molecule has 84 valence electrons. The zero-order chi connectivity index (χ0) is 11.1. The van der Waals surface area contributed by atoms with Gasteiger partial charge in [0, 0.05) is 23.9 Å². The average molecular weight is 208 g/mol. The van der Waals surface area contributed by atoms with Gasteiger partial charge in [-0.15, -0.1) is 0 Å². The number of nitrogens with zero attached hydrogens (tertiary/aromatic N) is 2. The van der Waals surface area contributed by atoms with Gasteiger partial charge >= 0.3 is 0 Å². The predicted molar refractivity (Wildman–Crippen MR) is 59.7 cm³/mol. The molecule has 15 heavy (non-hydrogen) atoms. The molecule has 1 aromatic heterocycles. The fourth-order valence-corrected chi connectivity index (χ4v) is 2.27. The lowest BCUT2D eigenvalue weighted by Gasteiger charge is -2.21. The molecule has 1 unspecified atom stereocenters. The monoisotopic (exact) mass is 208 g/mol. The van der Waals surface area contributed by atoms with Crippen molar-refractivity contribution in [3.63, 3.8) is 0 Å². The zero-order valence-electron chi connectivity index (χ0n) is 9.77. The van der Waals surface area contributed by atoms with Crippen LogP contribution in [0.3, 0.4) is 0 Å². The van der Waals surface area contributed by atoms with Crippen molar-refractivity contribution in [1.29, 1.82) is 0 Å². The Bertz CT molecular complexity index is 337. The first-order valence-electron chi connectivity index (χ1n) is 5.76. The van der Waals surface area contributed by atoms with Crippen LogP contribution in [0.1, 0.15) is 39.3 Å². The average Bonchev–Trinajstić information content (AvgIpc) is 2.83. The van der Waals surface area contributed by atoms with E-state index in [0.717, 1.165) is 19.4 Å². The van der Waals surface area contributed by atoms with E-state index < -0.39 is 0 Å². The van der Waals surface area contributed by atoms with Gasteiger partial charge in [0.15, 0.2) is 0 Å².